The average Bonchev–Trinajstić information content (AvgIpc) is 2.08. The molecule has 0 aliphatic carbocycles. The van der Waals surface area contributed by atoms with E-state index < -0.39 is 24.7 Å². The van der Waals surface area contributed by atoms with Gasteiger partial charge >= 0.3 is 64.1 Å². The van der Waals surface area contributed by atoms with Crippen molar-refractivity contribution in [3.8, 4) is 0 Å². The molecule has 1 heterocycles. The molecule has 0 saturated carbocycles. The molecule has 0 atom stereocenters. The van der Waals surface area contributed by atoms with Crippen molar-refractivity contribution in [2.45, 2.75) is 20.4 Å². The molecule has 0 amide bonds. The molecule has 0 aromatic carbocycles. The SMILES string of the molecule is C=C(Cn1c(C)cc(C)nc1=O)[B-](F)(F)F.[K+]. The second-order valence-corrected chi connectivity index (χ2v) is 3.64. The number of rotatable bonds is 3. The third-order valence-electron chi connectivity index (χ3n) is 2.17. The summed E-state index contributed by atoms with van der Waals surface area (Å²) in [5.41, 5.74) is -0.657. The van der Waals surface area contributed by atoms with E-state index in [1.807, 2.05) is 0 Å². The molecule has 0 saturated heterocycles. The second-order valence-electron chi connectivity index (χ2n) is 3.64. The summed E-state index contributed by atoms with van der Waals surface area (Å²) in [6, 6.07) is 1.55. The van der Waals surface area contributed by atoms with Crippen LogP contribution in [0.2, 0.25) is 0 Å². The molecule has 17 heavy (non-hydrogen) atoms. The van der Waals surface area contributed by atoms with E-state index >= 15 is 0 Å². The van der Waals surface area contributed by atoms with E-state index in [1.165, 1.54) is 0 Å². The third-order valence-corrected chi connectivity index (χ3v) is 2.17. The molecule has 1 aromatic rings. The van der Waals surface area contributed by atoms with Crippen LogP contribution in [-0.4, -0.2) is 16.5 Å². The van der Waals surface area contributed by atoms with Gasteiger partial charge in [-0.25, -0.2) is 4.79 Å². The van der Waals surface area contributed by atoms with E-state index in [1.54, 1.807) is 19.9 Å². The van der Waals surface area contributed by atoms with Gasteiger partial charge in [0.05, 0.1) is 0 Å². The Morgan fingerprint density at radius 1 is 1.47 bits per heavy atom. The van der Waals surface area contributed by atoms with Crippen LogP contribution < -0.4 is 57.1 Å². The van der Waals surface area contributed by atoms with E-state index in [2.05, 4.69) is 11.6 Å². The molecular formula is C9H11BF3KN2O. The van der Waals surface area contributed by atoms with Gasteiger partial charge in [0.25, 0.3) is 0 Å². The smallest absolute Gasteiger partial charge is 0.445 e. The number of halogens is 3. The monoisotopic (exact) mass is 270 g/mol. The summed E-state index contributed by atoms with van der Waals surface area (Å²) in [5.74, 6) is 0. The number of allylic oxidation sites excluding steroid dienone is 1. The van der Waals surface area contributed by atoms with Gasteiger partial charge in [-0.1, -0.05) is 0 Å². The Morgan fingerprint density at radius 3 is 2.41 bits per heavy atom. The molecule has 8 heteroatoms. The Balaban J connectivity index is 0.00000256. The van der Waals surface area contributed by atoms with Crippen LogP contribution >= 0.6 is 0 Å². The maximum atomic E-state index is 12.3. The number of aromatic nitrogens is 2. The summed E-state index contributed by atoms with van der Waals surface area (Å²) in [7, 11) is 0. The van der Waals surface area contributed by atoms with Gasteiger partial charge in [0.1, 0.15) is 0 Å². The number of hydrogen-bond donors (Lipinski definition) is 0. The number of hydrogen-bond acceptors (Lipinski definition) is 2. The molecule has 0 aliphatic rings. The molecule has 3 nitrogen and oxygen atoms in total. The van der Waals surface area contributed by atoms with Gasteiger partial charge in [-0.15, -0.1) is 12.1 Å². The van der Waals surface area contributed by atoms with Gasteiger partial charge in [-0.05, 0) is 19.9 Å². The Kier molecular flexibility index (Phi) is 6.37. The van der Waals surface area contributed by atoms with Crippen LogP contribution in [0.1, 0.15) is 11.4 Å². The Hall–Kier alpha value is 0.111. The van der Waals surface area contributed by atoms with Crippen molar-refractivity contribution >= 4 is 6.98 Å². The van der Waals surface area contributed by atoms with Crippen LogP contribution in [0.3, 0.4) is 0 Å². The summed E-state index contributed by atoms with van der Waals surface area (Å²) < 4.78 is 37.9. The summed E-state index contributed by atoms with van der Waals surface area (Å²) >= 11 is 0. The van der Waals surface area contributed by atoms with Gasteiger partial charge in [-0.3, -0.25) is 4.57 Å². The second kappa shape index (κ2) is 6.33. The molecule has 0 spiro atoms. The van der Waals surface area contributed by atoms with E-state index in [9.17, 15) is 17.7 Å². The Labute approximate surface area is 140 Å². The van der Waals surface area contributed by atoms with Crippen molar-refractivity contribution in [1.82, 2.24) is 9.55 Å². The molecule has 0 bridgehead atoms. The zero-order chi connectivity index (χ0) is 12.5. The summed E-state index contributed by atoms with van der Waals surface area (Å²) in [5, 5.41) is 0. The van der Waals surface area contributed by atoms with Crippen LogP contribution in [0.4, 0.5) is 12.9 Å². The van der Waals surface area contributed by atoms with E-state index in [-0.39, 0.29) is 51.4 Å². The number of aryl methyl sites for hydroxylation is 2. The topological polar surface area (TPSA) is 34.9 Å². The molecular weight excluding hydrogens is 259 g/mol. The summed E-state index contributed by atoms with van der Waals surface area (Å²) in [4.78, 5) is 14.9. The first kappa shape index (κ1) is 17.1. The molecule has 1 aromatic heterocycles. The third kappa shape index (κ3) is 4.71. The normalized spacial score (nSPS) is 10.9. The molecule has 0 fully saturated rings. The molecule has 0 radical (unpaired) electrons. The van der Waals surface area contributed by atoms with Gasteiger partial charge < -0.3 is 12.9 Å². The Morgan fingerprint density at radius 2 is 2.00 bits per heavy atom. The summed E-state index contributed by atoms with van der Waals surface area (Å²) in [6.07, 6.45) is 0. The fourth-order valence-corrected chi connectivity index (χ4v) is 1.27. The van der Waals surface area contributed by atoms with Gasteiger partial charge in [-0.2, -0.15) is 4.98 Å². The van der Waals surface area contributed by atoms with Crippen LogP contribution in [0.25, 0.3) is 0 Å². The quantitative estimate of drug-likeness (QED) is 0.647. The van der Waals surface area contributed by atoms with Crippen LogP contribution in [-0.2, 0) is 6.54 Å². The van der Waals surface area contributed by atoms with Gasteiger partial charge in [0.2, 0.25) is 0 Å². The van der Waals surface area contributed by atoms with Crippen molar-refractivity contribution < 1.29 is 64.3 Å². The maximum Gasteiger partial charge on any atom is 1.00 e. The van der Waals surface area contributed by atoms with Gasteiger partial charge in [0.15, 0.2) is 0 Å². The van der Waals surface area contributed by atoms with Crippen molar-refractivity contribution in [3.05, 3.63) is 40.0 Å². The predicted octanol–water partition coefficient (Wildman–Crippen LogP) is -1.19. The van der Waals surface area contributed by atoms with Crippen molar-refractivity contribution in [2.24, 2.45) is 0 Å². The molecule has 0 aliphatic heterocycles. The fraction of sp³-hybridized carbons (Fsp3) is 0.333. The minimum Gasteiger partial charge on any atom is -0.445 e. The average molecular weight is 270 g/mol. The minimum atomic E-state index is -5.12. The van der Waals surface area contributed by atoms with Gasteiger partial charge in [0, 0.05) is 17.9 Å². The maximum absolute atomic E-state index is 12.3. The van der Waals surface area contributed by atoms with E-state index in [0.29, 0.717) is 11.4 Å². The zero-order valence-electron chi connectivity index (χ0n) is 10.0. The largest absolute Gasteiger partial charge is 1.00 e. The first-order valence-corrected chi connectivity index (χ1v) is 4.64. The molecule has 0 N–H and O–H groups in total. The van der Waals surface area contributed by atoms with Crippen molar-refractivity contribution in [1.29, 1.82) is 0 Å². The predicted molar refractivity (Wildman–Crippen MR) is 56.2 cm³/mol. The van der Waals surface area contributed by atoms with E-state index in [0.717, 1.165) is 4.57 Å². The molecule has 0 unspecified atom stereocenters. The van der Waals surface area contributed by atoms with Crippen LogP contribution in [0, 0.1) is 13.8 Å². The molecule has 1 rings (SSSR count). The minimum absolute atomic E-state index is 0. The first-order chi connectivity index (χ1) is 7.21. The summed E-state index contributed by atoms with van der Waals surface area (Å²) in [6.45, 7) is 0.444. The zero-order valence-corrected chi connectivity index (χ0v) is 13.1. The fourth-order valence-electron chi connectivity index (χ4n) is 1.27. The number of nitrogens with zero attached hydrogens (tertiary/aromatic N) is 2. The van der Waals surface area contributed by atoms with Crippen LogP contribution in [0.5, 0.6) is 0 Å². The van der Waals surface area contributed by atoms with E-state index in [4.69, 9.17) is 0 Å². The molecule has 88 valence electrons. The standard InChI is InChI=1S/C9H11BF3N2O.K/c1-6(10(11,12)13)5-15-8(3)4-7(2)14-9(15)16;/h4H,1,5H2,2-3H3;/q-1;+1. The van der Waals surface area contributed by atoms with Crippen LogP contribution in [0.15, 0.2) is 22.9 Å². The first-order valence-electron chi connectivity index (χ1n) is 4.64. The van der Waals surface area contributed by atoms with Crippen molar-refractivity contribution in [3.63, 3.8) is 0 Å². The Bertz CT molecular complexity index is 484. The van der Waals surface area contributed by atoms with Crippen molar-refractivity contribution in [2.75, 3.05) is 0 Å².